The summed E-state index contributed by atoms with van der Waals surface area (Å²) in [4.78, 5) is 2.25. The maximum atomic E-state index is 9.44. The Kier molecular flexibility index (Phi) is 3.79. The number of aliphatic hydroxyl groups is 1. The van der Waals surface area contributed by atoms with E-state index in [9.17, 15) is 5.11 Å². The molecule has 1 fully saturated rings. The number of aliphatic hydroxyl groups excluding tert-OH is 1. The van der Waals surface area contributed by atoms with Crippen LogP contribution in [0.2, 0.25) is 5.02 Å². The van der Waals surface area contributed by atoms with Gasteiger partial charge in [0.05, 0.1) is 23.4 Å². The molecule has 1 aliphatic rings. The summed E-state index contributed by atoms with van der Waals surface area (Å²) in [6.45, 7) is 3.21. The minimum atomic E-state index is 0.196. The van der Waals surface area contributed by atoms with Crippen LogP contribution in [0.5, 0.6) is 0 Å². The first-order valence-electron chi connectivity index (χ1n) is 6.06. The van der Waals surface area contributed by atoms with Gasteiger partial charge in [-0.3, -0.25) is 0 Å². The molecule has 1 aliphatic heterocycles. The quantitative estimate of drug-likeness (QED) is 0.798. The predicted molar refractivity (Wildman–Crippen MR) is 72.7 cm³/mol. The Morgan fingerprint density at radius 2 is 2.24 bits per heavy atom. The second-order valence-electron chi connectivity index (χ2n) is 4.69. The molecule has 0 saturated carbocycles. The van der Waals surface area contributed by atoms with Crippen molar-refractivity contribution in [2.24, 2.45) is 0 Å². The fraction of sp³-hybridized carbons (Fsp3) is 0.538. The Hall–Kier alpha value is -0.930. The summed E-state index contributed by atoms with van der Waals surface area (Å²) in [5.74, 6) is 0. The Bertz CT molecular complexity index is 409. The minimum absolute atomic E-state index is 0.196. The van der Waals surface area contributed by atoms with Crippen molar-refractivity contribution in [1.29, 1.82) is 0 Å². The van der Waals surface area contributed by atoms with Crippen LogP contribution in [0.25, 0.3) is 0 Å². The van der Waals surface area contributed by atoms with Crippen molar-refractivity contribution >= 4 is 23.0 Å². The summed E-state index contributed by atoms with van der Waals surface area (Å²) in [5.41, 5.74) is 8.62. The van der Waals surface area contributed by atoms with E-state index in [2.05, 4.69) is 4.90 Å². The maximum absolute atomic E-state index is 9.44. The molecule has 1 aromatic carbocycles. The molecule has 3 nitrogen and oxygen atoms in total. The van der Waals surface area contributed by atoms with E-state index in [1.165, 1.54) is 6.42 Å². The van der Waals surface area contributed by atoms with E-state index in [4.69, 9.17) is 17.3 Å². The van der Waals surface area contributed by atoms with E-state index in [1.54, 1.807) is 0 Å². The number of rotatable bonds is 2. The summed E-state index contributed by atoms with van der Waals surface area (Å²) in [6.07, 6.45) is 3.39. The van der Waals surface area contributed by atoms with Crippen LogP contribution in [-0.2, 0) is 0 Å². The second kappa shape index (κ2) is 5.15. The number of hydrogen-bond donors (Lipinski definition) is 2. The number of hydrogen-bond acceptors (Lipinski definition) is 3. The van der Waals surface area contributed by atoms with Gasteiger partial charge < -0.3 is 15.7 Å². The number of aryl methyl sites for hydroxylation is 1. The van der Waals surface area contributed by atoms with Crippen LogP contribution in [0.1, 0.15) is 24.8 Å². The zero-order chi connectivity index (χ0) is 12.4. The molecule has 1 aromatic rings. The van der Waals surface area contributed by atoms with Gasteiger partial charge in [0.1, 0.15) is 0 Å². The lowest BCUT2D eigenvalue weighted by molar-refractivity contribution is 0.240. The summed E-state index contributed by atoms with van der Waals surface area (Å²) < 4.78 is 0. The van der Waals surface area contributed by atoms with Crippen LogP contribution >= 0.6 is 11.6 Å². The molecule has 1 heterocycles. The predicted octanol–water partition coefficient (Wildman–Crippen LogP) is 2.58. The fourth-order valence-electron chi connectivity index (χ4n) is 2.51. The van der Waals surface area contributed by atoms with Crippen LogP contribution in [0.4, 0.5) is 11.4 Å². The van der Waals surface area contributed by atoms with Crippen LogP contribution in [0.15, 0.2) is 12.1 Å². The van der Waals surface area contributed by atoms with Gasteiger partial charge in [-0.25, -0.2) is 0 Å². The molecule has 0 aromatic heterocycles. The lowest BCUT2D eigenvalue weighted by Crippen LogP contribution is -2.42. The number of halogens is 1. The molecule has 4 heteroatoms. The summed E-state index contributed by atoms with van der Waals surface area (Å²) in [5, 5.41) is 10.0. The Morgan fingerprint density at radius 3 is 2.94 bits per heavy atom. The standard InChI is InChI=1S/C13H19ClN2O/c1-9-6-12(15)11(14)7-13(9)16-5-3-2-4-10(16)8-17/h6-7,10,17H,2-5,8,15H2,1H3. The third-order valence-corrected chi connectivity index (χ3v) is 3.79. The van der Waals surface area contributed by atoms with Crippen molar-refractivity contribution in [2.75, 3.05) is 23.8 Å². The maximum Gasteiger partial charge on any atom is 0.0656 e. The van der Waals surface area contributed by atoms with Crippen molar-refractivity contribution < 1.29 is 5.11 Å². The number of benzene rings is 1. The van der Waals surface area contributed by atoms with Gasteiger partial charge in [0.15, 0.2) is 0 Å². The van der Waals surface area contributed by atoms with E-state index < -0.39 is 0 Å². The van der Waals surface area contributed by atoms with Gasteiger partial charge >= 0.3 is 0 Å². The third-order valence-electron chi connectivity index (χ3n) is 3.46. The number of piperidine rings is 1. The monoisotopic (exact) mass is 254 g/mol. The lowest BCUT2D eigenvalue weighted by Gasteiger charge is -2.37. The third kappa shape index (κ3) is 2.50. The Morgan fingerprint density at radius 1 is 1.47 bits per heavy atom. The highest BCUT2D eigenvalue weighted by molar-refractivity contribution is 6.33. The zero-order valence-electron chi connectivity index (χ0n) is 10.1. The Balaban J connectivity index is 2.34. The molecule has 3 N–H and O–H groups in total. The smallest absolute Gasteiger partial charge is 0.0656 e. The van der Waals surface area contributed by atoms with Gasteiger partial charge in [-0.05, 0) is 43.9 Å². The molecule has 1 atom stereocenters. The summed E-state index contributed by atoms with van der Waals surface area (Å²) in [6, 6.07) is 4.03. The molecular weight excluding hydrogens is 236 g/mol. The van der Waals surface area contributed by atoms with E-state index in [-0.39, 0.29) is 12.6 Å². The van der Waals surface area contributed by atoms with Gasteiger partial charge in [0, 0.05) is 12.2 Å². The number of anilines is 2. The fourth-order valence-corrected chi connectivity index (χ4v) is 2.67. The van der Waals surface area contributed by atoms with Crippen molar-refractivity contribution in [3.63, 3.8) is 0 Å². The van der Waals surface area contributed by atoms with Crippen molar-refractivity contribution in [3.05, 3.63) is 22.7 Å². The van der Waals surface area contributed by atoms with E-state index in [0.717, 1.165) is 30.6 Å². The van der Waals surface area contributed by atoms with Crippen molar-refractivity contribution in [3.8, 4) is 0 Å². The number of nitrogens with two attached hydrogens (primary N) is 1. The lowest BCUT2D eigenvalue weighted by atomic mass is 10.0. The molecule has 1 saturated heterocycles. The van der Waals surface area contributed by atoms with Gasteiger partial charge in [0.2, 0.25) is 0 Å². The van der Waals surface area contributed by atoms with Gasteiger partial charge in [-0.15, -0.1) is 0 Å². The molecule has 0 amide bonds. The molecule has 2 rings (SSSR count). The van der Waals surface area contributed by atoms with Gasteiger partial charge in [0.25, 0.3) is 0 Å². The number of nitrogens with zero attached hydrogens (tertiary/aromatic N) is 1. The highest BCUT2D eigenvalue weighted by Crippen LogP contribution is 2.32. The number of nitrogen functional groups attached to an aromatic ring is 1. The first kappa shape index (κ1) is 12.5. The minimum Gasteiger partial charge on any atom is -0.398 e. The van der Waals surface area contributed by atoms with Crippen LogP contribution in [-0.4, -0.2) is 24.3 Å². The average molecular weight is 255 g/mol. The largest absolute Gasteiger partial charge is 0.398 e. The van der Waals surface area contributed by atoms with Gasteiger partial charge in [-0.1, -0.05) is 11.6 Å². The second-order valence-corrected chi connectivity index (χ2v) is 5.09. The van der Waals surface area contributed by atoms with Crippen LogP contribution in [0, 0.1) is 6.92 Å². The first-order chi connectivity index (χ1) is 8.13. The summed E-state index contributed by atoms with van der Waals surface area (Å²) >= 11 is 6.08. The summed E-state index contributed by atoms with van der Waals surface area (Å²) in [7, 11) is 0. The molecular formula is C13H19ClN2O. The molecule has 17 heavy (non-hydrogen) atoms. The van der Waals surface area contributed by atoms with E-state index in [1.807, 2.05) is 19.1 Å². The Labute approximate surface area is 107 Å². The highest BCUT2D eigenvalue weighted by Gasteiger charge is 2.23. The molecule has 0 aliphatic carbocycles. The molecule has 0 spiro atoms. The van der Waals surface area contributed by atoms with Gasteiger partial charge in [-0.2, -0.15) is 0 Å². The van der Waals surface area contributed by atoms with E-state index in [0.29, 0.717) is 10.7 Å². The van der Waals surface area contributed by atoms with Crippen LogP contribution < -0.4 is 10.6 Å². The normalized spacial score (nSPS) is 20.6. The van der Waals surface area contributed by atoms with Crippen LogP contribution in [0.3, 0.4) is 0 Å². The highest BCUT2D eigenvalue weighted by atomic mass is 35.5. The van der Waals surface area contributed by atoms with Crippen molar-refractivity contribution in [1.82, 2.24) is 0 Å². The molecule has 0 bridgehead atoms. The SMILES string of the molecule is Cc1cc(N)c(Cl)cc1N1CCCCC1CO. The molecule has 0 radical (unpaired) electrons. The zero-order valence-corrected chi connectivity index (χ0v) is 10.9. The molecule has 94 valence electrons. The van der Waals surface area contributed by atoms with Crippen molar-refractivity contribution in [2.45, 2.75) is 32.2 Å². The first-order valence-corrected chi connectivity index (χ1v) is 6.44. The average Bonchev–Trinajstić information content (AvgIpc) is 2.34. The topological polar surface area (TPSA) is 49.5 Å². The molecule has 1 unspecified atom stereocenters. The van der Waals surface area contributed by atoms with E-state index >= 15 is 0 Å².